The predicted octanol–water partition coefficient (Wildman–Crippen LogP) is 2.95. The molecule has 1 N–H and O–H groups in total. The molecule has 14 heavy (non-hydrogen) atoms. The van der Waals surface area contributed by atoms with E-state index in [4.69, 9.17) is 11.6 Å². The molecule has 0 radical (unpaired) electrons. The molecule has 0 amide bonds. The van der Waals surface area contributed by atoms with Crippen LogP contribution in [0, 0.1) is 6.92 Å². The highest BCUT2D eigenvalue weighted by Crippen LogP contribution is 2.09. The smallest absolute Gasteiger partial charge is 0.107 e. The molecule has 0 aliphatic heterocycles. The predicted molar refractivity (Wildman–Crippen MR) is 63.1 cm³/mol. The lowest BCUT2D eigenvalue weighted by Crippen LogP contribution is -2.27. The summed E-state index contributed by atoms with van der Waals surface area (Å²) in [4.78, 5) is 4.38. The first-order valence-electron chi connectivity index (χ1n) is 4.86. The van der Waals surface area contributed by atoms with E-state index in [1.54, 1.807) is 11.3 Å². The van der Waals surface area contributed by atoms with Gasteiger partial charge in [0.2, 0.25) is 0 Å². The third-order valence-corrected chi connectivity index (χ3v) is 3.09. The van der Waals surface area contributed by atoms with Crippen molar-refractivity contribution in [1.82, 2.24) is 10.3 Å². The maximum absolute atomic E-state index is 5.91. The standard InChI is InChI=1S/C10H17ClN2S/c1-7(11)4-8(2)12-5-10-13-9(3)6-14-10/h6-8,12H,4-5H2,1-3H3. The Morgan fingerprint density at radius 3 is 2.79 bits per heavy atom. The summed E-state index contributed by atoms with van der Waals surface area (Å²) in [5, 5.41) is 6.86. The Morgan fingerprint density at radius 1 is 1.57 bits per heavy atom. The number of alkyl halides is 1. The quantitative estimate of drug-likeness (QED) is 0.790. The largest absolute Gasteiger partial charge is 0.308 e. The Balaban J connectivity index is 2.26. The van der Waals surface area contributed by atoms with Gasteiger partial charge in [0.25, 0.3) is 0 Å². The van der Waals surface area contributed by atoms with Crippen molar-refractivity contribution in [3.05, 3.63) is 16.1 Å². The van der Waals surface area contributed by atoms with Gasteiger partial charge >= 0.3 is 0 Å². The summed E-state index contributed by atoms with van der Waals surface area (Å²) in [5.74, 6) is 0. The molecule has 0 saturated carbocycles. The van der Waals surface area contributed by atoms with E-state index in [9.17, 15) is 0 Å². The summed E-state index contributed by atoms with van der Waals surface area (Å²) in [5.41, 5.74) is 1.10. The highest BCUT2D eigenvalue weighted by molar-refractivity contribution is 7.09. The van der Waals surface area contributed by atoms with E-state index in [0.717, 1.165) is 23.7 Å². The zero-order valence-electron chi connectivity index (χ0n) is 8.88. The van der Waals surface area contributed by atoms with E-state index in [2.05, 4.69) is 22.6 Å². The fourth-order valence-electron chi connectivity index (χ4n) is 1.32. The Labute approximate surface area is 94.7 Å². The van der Waals surface area contributed by atoms with E-state index >= 15 is 0 Å². The van der Waals surface area contributed by atoms with E-state index < -0.39 is 0 Å². The number of nitrogens with one attached hydrogen (secondary N) is 1. The van der Waals surface area contributed by atoms with Gasteiger partial charge in [-0.15, -0.1) is 22.9 Å². The molecule has 0 spiro atoms. The maximum atomic E-state index is 5.91. The van der Waals surface area contributed by atoms with Crippen molar-refractivity contribution < 1.29 is 0 Å². The van der Waals surface area contributed by atoms with Crippen molar-refractivity contribution >= 4 is 22.9 Å². The molecule has 4 heteroatoms. The second-order valence-electron chi connectivity index (χ2n) is 3.68. The van der Waals surface area contributed by atoms with Gasteiger partial charge in [0.15, 0.2) is 0 Å². The second kappa shape index (κ2) is 5.69. The van der Waals surface area contributed by atoms with Crippen LogP contribution >= 0.6 is 22.9 Å². The molecule has 0 saturated heterocycles. The Morgan fingerprint density at radius 2 is 2.29 bits per heavy atom. The molecule has 80 valence electrons. The zero-order valence-corrected chi connectivity index (χ0v) is 10.5. The van der Waals surface area contributed by atoms with Crippen molar-refractivity contribution in [2.24, 2.45) is 0 Å². The summed E-state index contributed by atoms with van der Waals surface area (Å²) in [6.45, 7) is 7.04. The molecule has 2 unspecified atom stereocenters. The SMILES string of the molecule is Cc1csc(CNC(C)CC(C)Cl)n1. The van der Waals surface area contributed by atoms with Gasteiger partial charge < -0.3 is 5.32 Å². The highest BCUT2D eigenvalue weighted by atomic mass is 35.5. The van der Waals surface area contributed by atoms with Crippen LogP contribution in [0.15, 0.2) is 5.38 Å². The third-order valence-electron chi connectivity index (χ3n) is 1.95. The van der Waals surface area contributed by atoms with Crippen molar-refractivity contribution in [1.29, 1.82) is 0 Å². The van der Waals surface area contributed by atoms with Crippen LogP contribution in [-0.2, 0) is 6.54 Å². The van der Waals surface area contributed by atoms with E-state index in [1.807, 2.05) is 13.8 Å². The van der Waals surface area contributed by atoms with E-state index in [0.29, 0.717) is 6.04 Å². The lowest BCUT2D eigenvalue weighted by molar-refractivity contribution is 0.510. The van der Waals surface area contributed by atoms with E-state index in [1.165, 1.54) is 0 Å². The molecule has 1 aromatic rings. The number of thiazole rings is 1. The minimum atomic E-state index is 0.232. The van der Waals surface area contributed by atoms with Crippen LogP contribution in [0.5, 0.6) is 0 Å². The van der Waals surface area contributed by atoms with Gasteiger partial charge in [-0.3, -0.25) is 0 Å². The van der Waals surface area contributed by atoms with Crippen LogP contribution in [-0.4, -0.2) is 16.4 Å². The first-order valence-corrected chi connectivity index (χ1v) is 6.18. The molecular formula is C10H17ClN2S. The van der Waals surface area contributed by atoms with E-state index in [-0.39, 0.29) is 5.38 Å². The molecule has 0 fully saturated rings. The Kier molecular flexibility index (Phi) is 4.85. The summed E-state index contributed by atoms with van der Waals surface area (Å²) in [6, 6.07) is 0.451. The summed E-state index contributed by atoms with van der Waals surface area (Å²) in [6.07, 6.45) is 0.992. The summed E-state index contributed by atoms with van der Waals surface area (Å²) >= 11 is 7.61. The molecule has 2 nitrogen and oxygen atoms in total. The summed E-state index contributed by atoms with van der Waals surface area (Å²) in [7, 11) is 0. The van der Waals surface area contributed by atoms with Crippen molar-refractivity contribution in [2.75, 3.05) is 0 Å². The molecular weight excluding hydrogens is 216 g/mol. The highest BCUT2D eigenvalue weighted by Gasteiger charge is 2.06. The zero-order chi connectivity index (χ0) is 10.6. The monoisotopic (exact) mass is 232 g/mol. The molecule has 0 aliphatic rings. The number of halogens is 1. The topological polar surface area (TPSA) is 24.9 Å². The van der Waals surface area contributed by atoms with Crippen LogP contribution in [0.2, 0.25) is 0 Å². The maximum Gasteiger partial charge on any atom is 0.107 e. The van der Waals surface area contributed by atoms with Crippen molar-refractivity contribution in [3.63, 3.8) is 0 Å². The van der Waals surface area contributed by atoms with Crippen LogP contribution in [0.25, 0.3) is 0 Å². The normalized spacial score (nSPS) is 15.4. The van der Waals surface area contributed by atoms with Gasteiger partial charge in [0.05, 0.1) is 0 Å². The van der Waals surface area contributed by atoms with Gasteiger partial charge in [-0.25, -0.2) is 4.98 Å². The van der Waals surface area contributed by atoms with Crippen LogP contribution in [0.3, 0.4) is 0 Å². The first kappa shape index (κ1) is 12.0. The Hall–Kier alpha value is -0.120. The number of nitrogens with zero attached hydrogens (tertiary/aromatic N) is 1. The molecule has 1 heterocycles. The van der Waals surface area contributed by atoms with Gasteiger partial charge in [-0.05, 0) is 27.2 Å². The number of hydrogen-bond acceptors (Lipinski definition) is 3. The lowest BCUT2D eigenvalue weighted by Gasteiger charge is -2.13. The van der Waals surface area contributed by atoms with Gasteiger partial charge in [0.1, 0.15) is 5.01 Å². The van der Waals surface area contributed by atoms with Crippen LogP contribution in [0.1, 0.15) is 31.0 Å². The summed E-state index contributed by atoms with van der Waals surface area (Å²) < 4.78 is 0. The van der Waals surface area contributed by atoms with Gasteiger partial charge in [-0.2, -0.15) is 0 Å². The Bertz CT molecular complexity index is 273. The van der Waals surface area contributed by atoms with Crippen LogP contribution in [0.4, 0.5) is 0 Å². The lowest BCUT2D eigenvalue weighted by atomic mass is 10.2. The molecule has 0 bridgehead atoms. The second-order valence-corrected chi connectivity index (χ2v) is 5.37. The van der Waals surface area contributed by atoms with Gasteiger partial charge in [0, 0.05) is 29.0 Å². The average molecular weight is 233 g/mol. The van der Waals surface area contributed by atoms with Crippen molar-refractivity contribution in [2.45, 2.75) is 45.2 Å². The number of rotatable bonds is 5. The number of aryl methyl sites for hydroxylation is 1. The van der Waals surface area contributed by atoms with Gasteiger partial charge in [-0.1, -0.05) is 0 Å². The molecule has 1 aromatic heterocycles. The fraction of sp³-hybridized carbons (Fsp3) is 0.700. The fourth-order valence-corrected chi connectivity index (χ4v) is 2.31. The minimum Gasteiger partial charge on any atom is -0.308 e. The van der Waals surface area contributed by atoms with Crippen molar-refractivity contribution in [3.8, 4) is 0 Å². The first-order chi connectivity index (χ1) is 6.58. The number of aromatic nitrogens is 1. The average Bonchev–Trinajstić information content (AvgIpc) is 2.47. The van der Waals surface area contributed by atoms with Crippen LogP contribution < -0.4 is 5.32 Å². The number of hydrogen-bond donors (Lipinski definition) is 1. The molecule has 0 aliphatic carbocycles. The molecule has 0 aromatic carbocycles. The minimum absolute atomic E-state index is 0.232. The molecule has 1 rings (SSSR count). The molecule has 2 atom stereocenters. The third kappa shape index (κ3) is 4.40.